The Kier molecular flexibility index (Phi) is 19.7. The Morgan fingerprint density at radius 3 is 2.36 bits per heavy atom. The number of amides is 2. The zero-order valence-corrected chi connectivity index (χ0v) is 38.2. The highest BCUT2D eigenvalue weighted by atomic mass is 16.6. The minimum Gasteiger partial charge on any atom is -0.462 e. The van der Waals surface area contributed by atoms with E-state index in [1.807, 2.05) is 39.8 Å². The zero-order valence-electron chi connectivity index (χ0n) is 38.2. The quantitative estimate of drug-likeness (QED) is 0.0850. The summed E-state index contributed by atoms with van der Waals surface area (Å²) in [5, 5.41) is 22.9. The van der Waals surface area contributed by atoms with E-state index in [0.29, 0.717) is 35.5 Å². The largest absolute Gasteiger partial charge is 0.462 e. The molecule has 0 fully saturated rings. The molecule has 18 heteroatoms. The molecule has 3 aromatic heterocycles. The van der Waals surface area contributed by atoms with Crippen LogP contribution in [0.3, 0.4) is 0 Å². The number of aliphatic hydroxyl groups is 2. The van der Waals surface area contributed by atoms with Gasteiger partial charge in [-0.05, 0) is 62.0 Å². The third-order valence-electron chi connectivity index (χ3n) is 11.7. The van der Waals surface area contributed by atoms with E-state index >= 15 is 0 Å². The lowest BCUT2D eigenvalue weighted by atomic mass is 9.86. The SMILES string of the molecule is COC1c2coc(n2)-c2coc(n2)-c2coc(n2)/C=C/C[C@H](O)[C@@H](C)[C@H](C[C@H](OC)[C@@H](C)CCC(=O)/C(C)=C/[C@H](C)/C=C/N(C)C=O)OC(=O)C[C@@H](OC(N)=O)C[C@H](C)C[C@H](O)[C@@H]1C. The van der Waals surface area contributed by atoms with E-state index in [9.17, 15) is 29.4 Å². The van der Waals surface area contributed by atoms with Gasteiger partial charge in [-0.1, -0.05) is 52.8 Å². The van der Waals surface area contributed by atoms with Crippen LogP contribution in [0.25, 0.3) is 29.2 Å². The number of nitrogens with zero attached hydrogens (tertiary/aromatic N) is 4. The summed E-state index contributed by atoms with van der Waals surface area (Å²) in [7, 11) is 4.67. The minimum absolute atomic E-state index is 0.0324. The third-order valence-corrected chi connectivity index (χ3v) is 11.7. The summed E-state index contributed by atoms with van der Waals surface area (Å²) in [5.41, 5.74) is 7.08. The summed E-state index contributed by atoms with van der Waals surface area (Å²) in [5.74, 6) is -1.81. The first kappa shape index (κ1) is 51.2. The van der Waals surface area contributed by atoms with E-state index in [2.05, 4.69) is 15.0 Å². The van der Waals surface area contributed by atoms with Crippen LogP contribution < -0.4 is 5.73 Å². The van der Waals surface area contributed by atoms with Gasteiger partial charge < -0.3 is 53.0 Å². The number of esters is 1. The highest BCUT2D eigenvalue weighted by Crippen LogP contribution is 2.34. The number of cyclic esters (lactones) is 1. The lowest BCUT2D eigenvalue weighted by Crippen LogP contribution is -2.39. The van der Waals surface area contributed by atoms with Gasteiger partial charge in [0.15, 0.2) is 17.2 Å². The van der Waals surface area contributed by atoms with Crippen molar-refractivity contribution >= 4 is 30.3 Å². The zero-order chi connectivity index (χ0) is 47.1. The Labute approximate surface area is 374 Å². The van der Waals surface area contributed by atoms with Gasteiger partial charge in [0.05, 0.1) is 24.7 Å². The second kappa shape index (κ2) is 24.6. The number of carbonyl (C=O) groups excluding carboxylic acids is 4. The van der Waals surface area contributed by atoms with E-state index < -0.39 is 60.5 Å². The summed E-state index contributed by atoms with van der Waals surface area (Å²) >= 11 is 0. The van der Waals surface area contributed by atoms with Crippen molar-refractivity contribution in [3.8, 4) is 23.2 Å². The van der Waals surface area contributed by atoms with Crippen molar-refractivity contribution in [3.63, 3.8) is 0 Å². The van der Waals surface area contributed by atoms with E-state index in [-0.39, 0.29) is 79.7 Å². The molecule has 18 nitrogen and oxygen atoms in total. The van der Waals surface area contributed by atoms with Crippen LogP contribution in [-0.4, -0.2) is 106 Å². The van der Waals surface area contributed by atoms with Gasteiger partial charge in [0.25, 0.3) is 0 Å². The summed E-state index contributed by atoms with van der Waals surface area (Å²) < 4.78 is 40.2. The first-order chi connectivity index (χ1) is 30.4. The molecule has 0 saturated carbocycles. The third kappa shape index (κ3) is 15.1. The van der Waals surface area contributed by atoms with Crippen LogP contribution in [-0.2, 0) is 33.3 Å². The molecule has 2 amide bonds. The normalized spacial score (nSPS) is 26.2. The molecule has 0 saturated heterocycles. The Bertz CT molecular complexity index is 2050. The molecule has 1 aliphatic heterocycles. The van der Waals surface area contributed by atoms with Crippen LogP contribution in [0.2, 0.25) is 0 Å². The highest BCUT2D eigenvalue weighted by Gasteiger charge is 2.35. The highest BCUT2D eigenvalue weighted by molar-refractivity contribution is 5.94. The van der Waals surface area contributed by atoms with E-state index in [4.69, 9.17) is 37.9 Å². The summed E-state index contributed by atoms with van der Waals surface area (Å²) in [4.78, 5) is 64.8. The maximum Gasteiger partial charge on any atom is 0.404 e. The molecule has 3 aromatic rings. The van der Waals surface area contributed by atoms with Gasteiger partial charge in [-0.25, -0.2) is 19.7 Å². The van der Waals surface area contributed by atoms with Crippen LogP contribution in [0, 0.1) is 29.6 Å². The Morgan fingerprint density at radius 1 is 0.984 bits per heavy atom. The van der Waals surface area contributed by atoms with Crippen molar-refractivity contribution in [1.29, 1.82) is 0 Å². The van der Waals surface area contributed by atoms with Crippen molar-refractivity contribution in [3.05, 3.63) is 60.4 Å². The summed E-state index contributed by atoms with van der Waals surface area (Å²) in [6, 6.07) is 0. The van der Waals surface area contributed by atoms with Gasteiger partial charge in [-0.15, -0.1) is 0 Å². The summed E-state index contributed by atoms with van der Waals surface area (Å²) in [6.07, 6.45) is 8.50. The van der Waals surface area contributed by atoms with Crippen molar-refractivity contribution < 1.29 is 61.6 Å². The second-order valence-electron chi connectivity index (χ2n) is 17.0. The first-order valence-electron chi connectivity index (χ1n) is 21.6. The van der Waals surface area contributed by atoms with Crippen LogP contribution in [0.1, 0.15) is 104 Å². The van der Waals surface area contributed by atoms with Crippen molar-refractivity contribution in [2.75, 3.05) is 21.3 Å². The van der Waals surface area contributed by atoms with Gasteiger partial charge in [0.1, 0.15) is 42.8 Å². The lowest BCUT2D eigenvalue weighted by Gasteiger charge is -2.33. The van der Waals surface area contributed by atoms with Crippen LogP contribution in [0.5, 0.6) is 0 Å². The van der Waals surface area contributed by atoms with Crippen LogP contribution in [0.4, 0.5) is 4.79 Å². The molecule has 0 aromatic carbocycles. The molecule has 352 valence electrons. The van der Waals surface area contributed by atoms with E-state index in [0.717, 1.165) is 0 Å². The molecule has 1 unspecified atom stereocenters. The predicted octanol–water partition coefficient (Wildman–Crippen LogP) is 6.84. The molecule has 0 aliphatic carbocycles. The fourth-order valence-electron chi connectivity index (χ4n) is 7.73. The number of fused-ring (bicyclic) bond motifs is 8. The number of ether oxygens (including phenoxy) is 4. The monoisotopic (exact) mass is 895 g/mol. The van der Waals surface area contributed by atoms with Gasteiger partial charge in [0, 0.05) is 52.1 Å². The standard InChI is InChI=1S/C46H65N5O13/c1-26(15-16-51(7)25-52)17-29(4)36(53)14-13-28(3)39(58-8)21-40-30(5)37(54)11-10-12-41-48-34(23-60-41)44-50-35(24-62-44)45-49-33(22-61-45)43(59-9)31(6)38(55)19-27(2)18-32(63-46(47)57)20-42(56)64-40/h10,12,15-17,22-28,30-32,37-40,43,54-55H,11,13-14,18-21H2,1-9H3,(H2,47,57)/b12-10+,16-15+,29-17+/t26-,27+,28+,30-,31+,32+,37+,38+,39+,40+,43?/m1/s1. The fourth-order valence-corrected chi connectivity index (χ4v) is 7.73. The van der Waals surface area contributed by atoms with Crippen molar-refractivity contribution in [2.24, 2.45) is 35.3 Å². The van der Waals surface area contributed by atoms with Gasteiger partial charge in [0.2, 0.25) is 24.1 Å². The number of aliphatic hydroxyl groups excluding tert-OH is 2. The van der Waals surface area contributed by atoms with Gasteiger partial charge >= 0.3 is 12.1 Å². The van der Waals surface area contributed by atoms with E-state index in [1.165, 1.54) is 30.8 Å². The number of carbonyl (C=O) groups is 4. The molecule has 11 atom stereocenters. The minimum atomic E-state index is -1.07. The number of oxazole rings is 3. The number of nitrogens with two attached hydrogens (primary N) is 1. The lowest BCUT2D eigenvalue weighted by molar-refractivity contribution is -0.159. The summed E-state index contributed by atoms with van der Waals surface area (Å²) in [6.45, 7) is 11.1. The van der Waals surface area contributed by atoms with Crippen molar-refractivity contribution in [1.82, 2.24) is 19.9 Å². The molecule has 4 heterocycles. The number of hydrogen-bond acceptors (Lipinski definition) is 16. The van der Waals surface area contributed by atoms with Crippen molar-refractivity contribution in [2.45, 2.75) is 123 Å². The number of hydrogen-bond donors (Lipinski definition) is 3. The number of primary amides is 1. The molecule has 4 N–H and O–H groups in total. The average molecular weight is 896 g/mol. The molecule has 4 rings (SSSR count). The van der Waals surface area contributed by atoms with Gasteiger partial charge in [-0.2, -0.15) is 0 Å². The molecule has 0 spiro atoms. The molecule has 6 bridgehead atoms. The number of rotatable bonds is 14. The van der Waals surface area contributed by atoms with E-state index in [1.54, 1.807) is 46.4 Å². The predicted molar refractivity (Wildman–Crippen MR) is 233 cm³/mol. The van der Waals surface area contributed by atoms with Crippen LogP contribution >= 0.6 is 0 Å². The molecule has 0 radical (unpaired) electrons. The molecular weight excluding hydrogens is 831 g/mol. The molecular formula is C46H65N5O13. The molecule has 64 heavy (non-hydrogen) atoms. The maximum absolute atomic E-state index is 13.8. The van der Waals surface area contributed by atoms with Gasteiger partial charge in [-0.3, -0.25) is 14.4 Å². The Balaban J connectivity index is 1.58. The number of allylic oxidation sites excluding steroid dienone is 3. The molecule has 1 aliphatic rings. The van der Waals surface area contributed by atoms with Crippen LogP contribution in [0.15, 0.2) is 62.0 Å². The maximum atomic E-state index is 13.8. The Morgan fingerprint density at radius 2 is 1.67 bits per heavy atom. The Hall–Kier alpha value is -5.43. The average Bonchev–Trinajstić information content (AvgIpc) is 4.04. The first-order valence-corrected chi connectivity index (χ1v) is 21.6. The number of aromatic nitrogens is 3. The second-order valence-corrected chi connectivity index (χ2v) is 17.0. The fraction of sp³-hybridized carbons (Fsp3) is 0.587. The number of methoxy groups -OCH3 is 2. The topological polar surface area (TPSA) is 253 Å². The number of ketones is 1. The number of Topliss-reactive ketones (excluding diaryl/α,β-unsaturated/α-hetero) is 1. The smallest absolute Gasteiger partial charge is 0.404 e.